The lowest BCUT2D eigenvalue weighted by molar-refractivity contribution is 0.0697. The van der Waals surface area contributed by atoms with Crippen molar-refractivity contribution >= 4 is 16.7 Å². The number of carboxylic acids is 1. The van der Waals surface area contributed by atoms with Gasteiger partial charge in [-0.05, 0) is 47.0 Å². The molecule has 21 heavy (non-hydrogen) atoms. The molecule has 1 N–H and O–H groups in total. The predicted molar refractivity (Wildman–Crippen MR) is 81.0 cm³/mol. The van der Waals surface area contributed by atoms with Crippen LogP contribution in [0.15, 0.2) is 54.6 Å². The zero-order valence-corrected chi connectivity index (χ0v) is 11.4. The van der Waals surface area contributed by atoms with Gasteiger partial charge >= 0.3 is 5.97 Å². The number of benzene rings is 3. The average molecular weight is 280 g/mol. The summed E-state index contributed by atoms with van der Waals surface area (Å²) in [6.07, 6.45) is 0. The van der Waals surface area contributed by atoms with E-state index in [0.717, 1.165) is 16.3 Å². The van der Waals surface area contributed by atoms with Crippen LogP contribution in [0.2, 0.25) is 0 Å². The average Bonchev–Trinajstić information content (AvgIpc) is 2.49. The zero-order chi connectivity index (χ0) is 15.0. The number of hydrogen-bond acceptors (Lipinski definition) is 1. The van der Waals surface area contributed by atoms with E-state index in [1.807, 2.05) is 24.3 Å². The van der Waals surface area contributed by atoms with Crippen LogP contribution in [0.4, 0.5) is 4.39 Å². The largest absolute Gasteiger partial charge is 0.478 e. The lowest BCUT2D eigenvalue weighted by Gasteiger charge is -2.08. The zero-order valence-electron chi connectivity index (χ0n) is 11.4. The molecule has 0 aliphatic carbocycles. The topological polar surface area (TPSA) is 37.3 Å². The molecule has 3 heteroatoms. The maximum atomic E-state index is 14.2. The van der Waals surface area contributed by atoms with Crippen LogP contribution in [0, 0.1) is 12.7 Å². The second-order valence-electron chi connectivity index (χ2n) is 5.02. The number of carbonyl (C=O) groups is 1. The van der Waals surface area contributed by atoms with Crippen molar-refractivity contribution in [3.05, 3.63) is 71.5 Å². The first-order valence-electron chi connectivity index (χ1n) is 6.59. The molecule has 104 valence electrons. The van der Waals surface area contributed by atoms with Gasteiger partial charge in [0.2, 0.25) is 0 Å². The predicted octanol–water partition coefficient (Wildman–Crippen LogP) is 4.65. The molecule has 2 nitrogen and oxygen atoms in total. The van der Waals surface area contributed by atoms with Crippen LogP contribution in [0.5, 0.6) is 0 Å². The van der Waals surface area contributed by atoms with E-state index in [2.05, 4.69) is 0 Å². The van der Waals surface area contributed by atoms with Crippen LogP contribution in [0.3, 0.4) is 0 Å². The summed E-state index contributed by atoms with van der Waals surface area (Å²) in [7, 11) is 0. The molecule has 0 saturated heterocycles. The fourth-order valence-corrected chi connectivity index (χ4v) is 2.42. The second kappa shape index (κ2) is 5.02. The Balaban J connectivity index is 2.15. The van der Waals surface area contributed by atoms with Crippen molar-refractivity contribution in [1.29, 1.82) is 0 Å². The summed E-state index contributed by atoms with van der Waals surface area (Å²) in [4.78, 5) is 11.0. The molecule has 3 aromatic rings. The highest BCUT2D eigenvalue weighted by Gasteiger charge is 2.09. The normalized spacial score (nSPS) is 10.8. The van der Waals surface area contributed by atoms with Crippen molar-refractivity contribution in [2.45, 2.75) is 6.92 Å². The number of aromatic carboxylic acids is 1. The van der Waals surface area contributed by atoms with Crippen LogP contribution < -0.4 is 0 Å². The standard InChI is InChI=1S/C18H13FO2/c1-11-3-2-4-16(17(11)19)14-7-5-13-10-15(18(20)21)8-6-12(13)9-14/h2-10H,1H3,(H,20,21). The van der Waals surface area contributed by atoms with E-state index >= 15 is 0 Å². The summed E-state index contributed by atoms with van der Waals surface area (Å²) in [5.41, 5.74) is 2.19. The minimum Gasteiger partial charge on any atom is -0.478 e. The van der Waals surface area contributed by atoms with Crippen molar-refractivity contribution in [1.82, 2.24) is 0 Å². The minimum atomic E-state index is -0.953. The maximum absolute atomic E-state index is 14.2. The van der Waals surface area contributed by atoms with E-state index < -0.39 is 5.97 Å². The molecular formula is C18H13FO2. The van der Waals surface area contributed by atoms with Crippen molar-refractivity contribution in [2.24, 2.45) is 0 Å². The van der Waals surface area contributed by atoms with Gasteiger partial charge < -0.3 is 5.11 Å². The molecule has 0 heterocycles. The quantitative estimate of drug-likeness (QED) is 0.741. The number of hydrogen-bond donors (Lipinski definition) is 1. The van der Waals surface area contributed by atoms with E-state index in [1.54, 1.807) is 37.3 Å². The van der Waals surface area contributed by atoms with Gasteiger partial charge in [-0.15, -0.1) is 0 Å². The van der Waals surface area contributed by atoms with Gasteiger partial charge in [0, 0.05) is 5.56 Å². The Morgan fingerprint density at radius 3 is 2.48 bits per heavy atom. The fourth-order valence-electron chi connectivity index (χ4n) is 2.42. The number of aryl methyl sites for hydroxylation is 1. The number of rotatable bonds is 2. The maximum Gasteiger partial charge on any atom is 0.335 e. The molecule has 0 aliphatic rings. The Morgan fingerprint density at radius 1 is 1.00 bits per heavy atom. The van der Waals surface area contributed by atoms with Crippen molar-refractivity contribution in [3.63, 3.8) is 0 Å². The number of carboxylic acid groups (broad SMARTS) is 1. The van der Waals surface area contributed by atoms with Gasteiger partial charge in [0.1, 0.15) is 5.82 Å². The highest BCUT2D eigenvalue weighted by Crippen LogP contribution is 2.28. The fraction of sp³-hybridized carbons (Fsp3) is 0.0556. The van der Waals surface area contributed by atoms with Gasteiger partial charge in [-0.2, -0.15) is 0 Å². The minimum absolute atomic E-state index is 0.223. The van der Waals surface area contributed by atoms with E-state index in [4.69, 9.17) is 5.11 Å². The second-order valence-corrected chi connectivity index (χ2v) is 5.02. The monoisotopic (exact) mass is 280 g/mol. The Bertz CT molecular complexity index is 853. The van der Waals surface area contributed by atoms with Gasteiger partial charge in [-0.3, -0.25) is 0 Å². The van der Waals surface area contributed by atoms with E-state index in [0.29, 0.717) is 11.1 Å². The first kappa shape index (κ1) is 13.3. The summed E-state index contributed by atoms with van der Waals surface area (Å²) in [6.45, 7) is 1.74. The number of halogens is 1. The molecule has 0 amide bonds. The lowest BCUT2D eigenvalue weighted by atomic mass is 9.98. The number of fused-ring (bicyclic) bond motifs is 1. The molecule has 0 radical (unpaired) electrons. The lowest BCUT2D eigenvalue weighted by Crippen LogP contribution is -1.95. The Hall–Kier alpha value is -2.68. The summed E-state index contributed by atoms with van der Waals surface area (Å²) < 4.78 is 14.2. The summed E-state index contributed by atoms with van der Waals surface area (Å²) in [6, 6.07) is 15.7. The Morgan fingerprint density at radius 2 is 1.71 bits per heavy atom. The van der Waals surface area contributed by atoms with Gasteiger partial charge in [0.25, 0.3) is 0 Å². The van der Waals surface area contributed by atoms with Gasteiger partial charge in [0.15, 0.2) is 0 Å². The first-order chi connectivity index (χ1) is 10.1. The molecule has 0 bridgehead atoms. The highest BCUT2D eigenvalue weighted by atomic mass is 19.1. The summed E-state index contributed by atoms with van der Waals surface area (Å²) in [5, 5.41) is 10.7. The molecule has 0 saturated carbocycles. The van der Waals surface area contributed by atoms with Crippen LogP contribution >= 0.6 is 0 Å². The van der Waals surface area contributed by atoms with E-state index in [1.165, 1.54) is 0 Å². The molecule has 3 aromatic carbocycles. The molecule has 0 unspecified atom stereocenters. The summed E-state index contributed by atoms with van der Waals surface area (Å²) >= 11 is 0. The molecule has 3 rings (SSSR count). The van der Waals surface area contributed by atoms with Crippen LogP contribution in [0.1, 0.15) is 15.9 Å². The van der Waals surface area contributed by atoms with Crippen molar-refractivity contribution in [3.8, 4) is 11.1 Å². The van der Waals surface area contributed by atoms with Crippen molar-refractivity contribution in [2.75, 3.05) is 0 Å². The highest BCUT2D eigenvalue weighted by molar-refractivity contribution is 5.95. The Kier molecular flexibility index (Phi) is 3.18. The molecule has 0 spiro atoms. The SMILES string of the molecule is Cc1cccc(-c2ccc3cc(C(=O)O)ccc3c2)c1F. The smallest absolute Gasteiger partial charge is 0.335 e. The molecule has 0 fully saturated rings. The van der Waals surface area contributed by atoms with E-state index in [9.17, 15) is 9.18 Å². The van der Waals surface area contributed by atoms with Crippen molar-refractivity contribution < 1.29 is 14.3 Å². The third-order valence-corrected chi connectivity index (χ3v) is 3.59. The Labute approximate surface area is 121 Å². The molecule has 0 atom stereocenters. The van der Waals surface area contributed by atoms with Crippen LogP contribution in [0.25, 0.3) is 21.9 Å². The van der Waals surface area contributed by atoms with Crippen LogP contribution in [-0.2, 0) is 0 Å². The molecular weight excluding hydrogens is 267 g/mol. The molecule has 0 aromatic heterocycles. The van der Waals surface area contributed by atoms with Gasteiger partial charge in [-0.1, -0.05) is 36.4 Å². The first-order valence-corrected chi connectivity index (χ1v) is 6.59. The third-order valence-electron chi connectivity index (χ3n) is 3.59. The van der Waals surface area contributed by atoms with E-state index in [-0.39, 0.29) is 11.4 Å². The van der Waals surface area contributed by atoms with Crippen LogP contribution in [-0.4, -0.2) is 11.1 Å². The third kappa shape index (κ3) is 2.38. The van der Waals surface area contributed by atoms with Gasteiger partial charge in [0.05, 0.1) is 5.56 Å². The molecule has 0 aliphatic heterocycles. The summed E-state index contributed by atoms with van der Waals surface area (Å²) in [5.74, 6) is -1.18. The van der Waals surface area contributed by atoms with Gasteiger partial charge in [-0.25, -0.2) is 9.18 Å².